The number of methoxy groups -OCH3 is 1. The van der Waals surface area contributed by atoms with E-state index in [9.17, 15) is 18.4 Å². The minimum absolute atomic E-state index is 0.0238. The van der Waals surface area contributed by atoms with E-state index in [1.165, 1.54) is 14.0 Å². The van der Waals surface area contributed by atoms with Crippen LogP contribution in [0.1, 0.15) is 29.3 Å². The highest BCUT2D eigenvalue weighted by Gasteiger charge is 2.18. The van der Waals surface area contributed by atoms with Gasteiger partial charge in [-0.15, -0.1) is 0 Å². The smallest absolute Gasteiger partial charge is 0.307 e. The van der Waals surface area contributed by atoms with E-state index in [4.69, 9.17) is 0 Å². The lowest BCUT2D eigenvalue weighted by Crippen LogP contribution is -2.35. The molecule has 0 radical (unpaired) electrons. The van der Waals surface area contributed by atoms with Gasteiger partial charge in [-0.1, -0.05) is 0 Å². The summed E-state index contributed by atoms with van der Waals surface area (Å²) in [6.45, 7) is 3.02. The Hall–Kier alpha value is -1.98. The fourth-order valence-corrected chi connectivity index (χ4v) is 1.52. The van der Waals surface area contributed by atoms with E-state index in [1.54, 1.807) is 6.92 Å². The van der Waals surface area contributed by atoms with Crippen molar-refractivity contribution in [2.75, 3.05) is 7.11 Å². The molecule has 1 atom stereocenters. The van der Waals surface area contributed by atoms with Crippen molar-refractivity contribution in [3.05, 3.63) is 34.9 Å². The molecule has 1 amide bonds. The third-order valence-electron chi connectivity index (χ3n) is 2.57. The molecule has 6 heteroatoms. The Labute approximate surface area is 109 Å². The summed E-state index contributed by atoms with van der Waals surface area (Å²) in [5.74, 6) is -2.83. The fraction of sp³-hybridized carbons (Fsp3) is 0.385. The summed E-state index contributed by atoms with van der Waals surface area (Å²) in [5, 5.41) is 2.45. The summed E-state index contributed by atoms with van der Waals surface area (Å²) in [7, 11) is 1.24. The zero-order chi connectivity index (χ0) is 14.6. The number of carbonyl (C=O) groups is 2. The number of halogens is 2. The van der Waals surface area contributed by atoms with E-state index in [2.05, 4.69) is 10.1 Å². The monoisotopic (exact) mass is 271 g/mol. The third kappa shape index (κ3) is 4.01. The molecule has 0 aliphatic heterocycles. The summed E-state index contributed by atoms with van der Waals surface area (Å²) >= 11 is 0. The Morgan fingerprint density at radius 2 is 1.95 bits per heavy atom. The highest BCUT2D eigenvalue weighted by molar-refractivity contribution is 5.95. The predicted molar refractivity (Wildman–Crippen MR) is 64.7 cm³/mol. The lowest BCUT2D eigenvalue weighted by Gasteiger charge is -2.13. The second-order valence-electron chi connectivity index (χ2n) is 4.24. The zero-order valence-electron chi connectivity index (χ0n) is 10.9. The van der Waals surface area contributed by atoms with Crippen LogP contribution in [0.25, 0.3) is 0 Å². The molecule has 0 spiro atoms. The summed E-state index contributed by atoms with van der Waals surface area (Å²) in [4.78, 5) is 22.8. The number of aryl methyl sites for hydroxylation is 1. The maximum absolute atomic E-state index is 13.5. The standard InChI is InChI=1S/C13H15F2NO3/c1-7-4-9(11(15)6-10(7)14)13(18)16-8(2)5-12(17)19-3/h4,6,8H,5H2,1-3H3,(H,16,18). The van der Waals surface area contributed by atoms with Crippen LogP contribution in [0.15, 0.2) is 12.1 Å². The highest BCUT2D eigenvalue weighted by Crippen LogP contribution is 2.14. The number of hydrogen-bond acceptors (Lipinski definition) is 3. The maximum atomic E-state index is 13.5. The molecule has 0 saturated heterocycles. The number of rotatable bonds is 4. The van der Waals surface area contributed by atoms with Gasteiger partial charge in [-0.3, -0.25) is 9.59 Å². The second kappa shape index (κ2) is 6.26. The predicted octanol–water partition coefficient (Wildman–Crippen LogP) is 1.95. The van der Waals surface area contributed by atoms with Crippen molar-refractivity contribution in [1.82, 2.24) is 5.32 Å². The van der Waals surface area contributed by atoms with Gasteiger partial charge >= 0.3 is 5.97 Å². The van der Waals surface area contributed by atoms with Crippen LogP contribution in [-0.4, -0.2) is 25.0 Å². The minimum Gasteiger partial charge on any atom is -0.469 e. The number of amides is 1. The summed E-state index contributed by atoms with van der Waals surface area (Å²) in [5.41, 5.74) is -0.0808. The van der Waals surface area contributed by atoms with Gasteiger partial charge in [0.25, 0.3) is 5.91 Å². The molecular formula is C13H15F2NO3. The Balaban J connectivity index is 2.78. The van der Waals surface area contributed by atoms with Gasteiger partial charge in [0.15, 0.2) is 0 Å². The van der Waals surface area contributed by atoms with Crippen molar-refractivity contribution < 1.29 is 23.1 Å². The minimum atomic E-state index is -0.939. The lowest BCUT2D eigenvalue weighted by atomic mass is 10.1. The van der Waals surface area contributed by atoms with Gasteiger partial charge in [0, 0.05) is 12.1 Å². The van der Waals surface area contributed by atoms with Crippen molar-refractivity contribution in [1.29, 1.82) is 0 Å². The van der Waals surface area contributed by atoms with E-state index in [0.717, 1.165) is 6.07 Å². The molecule has 4 nitrogen and oxygen atoms in total. The van der Waals surface area contributed by atoms with Crippen LogP contribution < -0.4 is 5.32 Å². The zero-order valence-corrected chi connectivity index (χ0v) is 10.9. The second-order valence-corrected chi connectivity index (χ2v) is 4.24. The fourth-order valence-electron chi connectivity index (χ4n) is 1.52. The third-order valence-corrected chi connectivity index (χ3v) is 2.57. The Morgan fingerprint density at radius 1 is 1.32 bits per heavy atom. The molecule has 0 aromatic heterocycles. The van der Waals surface area contributed by atoms with Crippen molar-refractivity contribution in [2.24, 2.45) is 0 Å². The first kappa shape index (κ1) is 15.1. The van der Waals surface area contributed by atoms with E-state index in [1.807, 2.05) is 0 Å². The molecule has 0 fully saturated rings. The first-order valence-electron chi connectivity index (χ1n) is 5.68. The molecule has 0 bridgehead atoms. The molecular weight excluding hydrogens is 256 g/mol. The van der Waals surface area contributed by atoms with Crippen LogP contribution in [0.4, 0.5) is 8.78 Å². The summed E-state index contributed by atoms with van der Waals surface area (Å²) < 4.78 is 31.0. The first-order valence-corrected chi connectivity index (χ1v) is 5.68. The average Bonchev–Trinajstić information content (AvgIpc) is 2.33. The molecule has 1 rings (SSSR count). The van der Waals surface area contributed by atoms with Gasteiger partial charge in [0.2, 0.25) is 0 Å². The van der Waals surface area contributed by atoms with E-state index < -0.39 is 29.6 Å². The van der Waals surface area contributed by atoms with Crippen molar-refractivity contribution >= 4 is 11.9 Å². The van der Waals surface area contributed by atoms with Crippen LogP contribution in [0, 0.1) is 18.6 Å². The van der Waals surface area contributed by atoms with Crippen LogP contribution in [0.2, 0.25) is 0 Å². The number of ether oxygens (including phenoxy) is 1. The van der Waals surface area contributed by atoms with Gasteiger partial charge < -0.3 is 10.1 Å². The average molecular weight is 271 g/mol. The number of esters is 1. The number of nitrogens with one attached hydrogen (secondary N) is 1. The quantitative estimate of drug-likeness (QED) is 0.852. The van der Waals surface area contributed by atoms with E-state index >= 15 is 0 Å². The van der Waals surface area contributed by atoms with E-state index in [-0.39, 0.29) is 17.5 Å². The molecule has 1 N–H and O–H groups in total. The number of carbonyl (C=O) groups excluding carboxylic acids is 2. The topological polar surface area (TPSA) is 55.4 Å². The van der Waals surface area contributed by atoms with Gasteiger partial charge in [-0.25, -0.2) is 8.78 Å². The molecule has 1 unspecified atom stereocenters. The van der Waals surface area contributed by atoms with E-state index in [0.29, 0.717) is 6.07 Å². The van der Waals surface area contributed by atoms with Gasteiger partial charge in [-0.05, 0) is 25.5 Å². The van der Waals surface area contributed by atoms with Gasteiger partial charge in [0.05, 0.1) is 19.1 Å². The van der Waals surface area contributed by atoms with Gasteiger partial charge in [-0.2, -0.15) is 0 Å². The molecule has 0 aliphatic rings. The van der Waals surface area contributed by atoms with Crippen molar-refractivity contribution in [2.45, 2.75) is 26.3 Å². The van der Waals surface area contributed by atoms with Crippen molar-refractivity contribution in [3.8, 4) is 0 Å². The lowest BCUT2D eigenvalue weighted by molar-refractivity contribution is -0.141. The summed E-state index contributed by atoms with van der Waals surface area (Å²) in [6, 6.07) is 1.28. The number of hydrogen-bond donors (Lipinski definition) is 1. The van der Waals surface area contributed by atoms with Crippen molar-refractivity contribution in [3.63, 3.8) is 0 Å². The first-order chi connectivity index (χ1) is 8.85. The largest absolute Gasteiger partial charge is 0.469 e. The molecule has 0 heterocycles. The van der Waals surface area contributed by atoms with Crippen LogP contribution in [0.3, 0.4) is 0 Å². The highest BCUT2D eigenvalue weighted by atomic mass is 19.1. The van der Waals surface area contributed by atoms with Crippen LogP contribution >= 0.6 is 0 Å². The Morgan fingerprint density at radius 3 is 2.53 bits per heavy atom. The maximum Gasteiger partial charge on any atom is 0.307 e. The molecule has 1 aromatic carbocycles. The number of benzene rings is 1. The molecule has 1 aromatic rings. The Kier molecular flexibility index (Phi) is 4.97. The molecule has 0 aliphatic carbocycles. The van der Waals surface area contributed by atoms with Crippen LogP contribution in [0.5, 0.6) is 0 Å². The normalized spacial score (nSPS) is 11.8. The molecule has 19 heavy (non-hydrogen) atoms. The summed E-state index contributed by atoms with van der Waals surface area (Å²) in [6.07, 6.45) is -0.0238. The molecule has 0 saturated carbocycles. The SMILES string of the molecule is COC(=O)CC(C)NC(=O)c1cc(C)c(F)cc1F. The van der Waals surface area contributed by atoms with Gasteiger partial charge in [0.1, 0.15) is 11.6 Å². The van der Waals surface area contributed by atoms with Crippen LogP contribution in [-0.2, 0) is 9.53 Å². The Bertz CT molecular complexity index is 503. The molecule has 104 valence electrons.